The fraction of sp³-hybridized carbons (Fsp3) is 0.100. The monoisotopic (exact) mass is 223 g/mol. The van der Waals surface area contributed by atoms with E-state index in [9.17, 15) is 19.3 Å². The Labute approximate surface area is 89.7 Å². The first-order valence-corrected chi connectivity index (χ1v) is 4.16. The molecule has 0 spiro atoms. The number of carbonyl (C=O) groups is 1. The molecule has 0 amide bonds. The summed E-state index contributed by atoms with van der Waals surface area (Å²) in [5.74, 6) is 2.23. The molecule has 6 heteroatoms. The second kappa shape index (κ2) is 4.89. The van der Waals surface area contributed by atoms with Gasteiger partial charge in [0.25, 0.3) is 0 Å². The van der Waals surface area contributed by atoms with Crippen molar-refractivity contribution in [3.05, 3.63) is 39.7 Å². The van der Waals surface area contributed by atoms with Gasteiger partial charge in [0.1, 0.15) is 6.42 Å². The summed E-state index contributed by atoms with van der Waals surface area (Å²) in [5.41, 5.74) is -0.863. The summed E-state index contributed by atoms with van der Waals surface area (Å²) in [6, 6.07) is 3.54. The minimum atomic E-state index is -1.14. The van der Waals surface area contributed by atoms with E-state index >= 15 is 0 Å². The van der Waals surface area contributed by atoms with Gasteiger partial charge in [-0.1, -0.05) is 17.9 Å². The molecule has 82 valence electrons. The van der Waals surface area contributed by atoms with Gasteiger partial charge in [0.15, 0.2) is 0 Å². The smallest absolute Gasteiger partial charge is 0.315 e. The molecule has 0 aliphatic rings. The van der Waals surface area contributed by atoms with Crippen molar-refractivity contribution in [2.45, 2.75) is 6.42 Å². The van der Waals surface area contributed by atoms with Crippen molar-refractivity contribution in [1.82, 2.24) is 0 Å². The van der Waals surface area contributed by atoms with Gasteiger partial charge in [-0.2, -0.15) is 4.39 Å². The summed E-state index contributed by atoms with van der Waals surface area (Å²) >= 11 is 0. The molecule has 5 nitrogen and oxygen atoms in total. The van der Waals surface area contributed by atoms with E-state index in [1.54, 1.807) is 0 Å². The van der Waals surface area contributed by atoms with Gasteiger partial charge in [-0.3, -0.25) is 14.9 Å². The van der Waals surface area contributed by atoms with Gasteiger partial charge in [-0.15, -0.1) is 0 Å². The van der Waals surface area contributed by atoms with Gasteiger partial charge in [0, 0.05) is 6.07 Å². The lowest BCUT2D eigenvalue weighted by molar-refractivity contribution is -0.387. The first kappa shape index (κ1) is 11.7. The second-order valence-corrected chi connectivity index (χ2v) is 2.77. The summed E-state index contributed by atoms with van der Waals surface area (Å²) in [6.45, 7) is 0. The van der Waals surface area contributed by atoms with Gasteiger partial charge in [-0.05, 0) is 6.07 Å². The van der Waals surface area contributed by atoms with Crippen LogP contribution < -0.4 is 0 Å². The number of aliphatic carboxylic acids is 1. The van der Waals surface area contributed by atoms with Crippen LogP contribution in [0.4, 0.5) is 10.1 Å². The molecule has 0 radical (unpaired) electrons. The SMILES string of the molecule is O=C(O)CC#Cc1cccc([N+](=O)[O-])c1F. The van der Waals surface area contributed by atoms with E-state index in [2.05, 4.69) is 11.8 Å². The van der Waals surface area contributed by atoms with E-state index in [1.165, 1.54) is 12.1 Å². The topological polar surface area (TPSA) is 80.4 Å². The summed E-state index contributed by atoms with van der Waals surface area (Å²) in [4.78, 5) is 19.7. The Bertz CT molecular complexity index is 501. The third kappa shape index (κ3) is 2.78. The third-order valence-electron chi connectivity index (χ3n) is 1.64. The van der Waals surface area contributed by atoms with Crippen molar-refractivity contribution in [2.24, 2.45) is 0 Å². The summed E-state index contributed by atoms with van der Waals surface area (Å²) in [7, 11) is 0. The highest BCUT2D eigenvalue weighted by Gasteiger charge is 2.15. The van der Waals surface area contributed by atoms with Crippen molar-refractivity contribution < 1.29 is 19.2 Å². The number of rotatable bonds is 2. The maximum absolute atomic E-state index is 13.4. The number of nitrogens with zero attached hydrogens (tertiary/aromatic N) is 1. The number of benzene rings is 1. The predicted octanol–water partition coefficient (Wildman–Crippen LogP) is 1.56. The average molecular weight is 223 g/mol. The second-order valence-electron chi connectivity index (χ2n) is 2.77. The van der Waals surface area contributed by atoms with Crippen molar-refractivity contribution in [2.75, 3.05) is 0 Å². The third-order valence-corrected chi connectivity index (χ3v) is 1.64. The maximum atomic E-state index is 13.4. The van der Waals surface area contributed by atoms with Gasteiger partial charge in [0.2, 0.25) is 5.82 Å². The molecule has 1 aromatic rings. The summed E-state index contributed by atoms with van der Waals surface area (Å²) < 4.78 is 13.4. The molecule has 0 aliphatic carbocycles. The van der Waals surface area contributed by atoms with E-state index in [1.807, 2.05) is 0 Å². The molecule has 0 unspecified atom stereocenters. The highest BCUT2D eigenvalue weighted by Crippen LogP contribution is 2.19. The molecule has 0 aromatic heterocycles. The van der Waals surface area contributed by atoms with Crippen LogP contribution >= 0.6 is 0 Å². The lowest BCUT2D eigenvalue weighted by atomic mass is 10.2. The normalized spacial score (nSPS) is 9.06. The zero-order valence-corrected chi connectivity index (χ0v) is 7.94. The van der Waals surface area contributed by atoms with E-state index in [0.29, 0.717) is 0 Å². The summed E-state index contributed by atoms with van der Waals surface area (Å²) in [6.07, 6.45) is -0.442. The van der Waals surface area contributed by atoms with Crippen LogP contribution in [0.2, 0.25) is 0 Å². The van der Waals surface area contributed by atoms with E-state index < -0.39 is 28.8 Å². The minimum Gasteiger partial charge on any atom is -0.481 e. The number of carboxylic acids is 1. The first-order valence-electron chi connectivity index (χ1n) is 4.16. The van der Waals surface area contributed by atoms with E-state index in [4.69, 9.17) is 5.11 Å². The first-order chi connectivity index (χ1) is 7.52. The Morgan fingerprint density at radius 2 is 2.25 bits per heavy atom. The average Bonchev–Trinajstić information content (AvgIpc) is 2.19. The number of carboxylic acid groups (broad SMARTS) is 1. The molecule has 16 heavy (non-hydrogen) atoms. The Morgan fingerprint density at radius 3 is 2.81 bits per heavy atom. The molecule has 0 saturated carbocycles. The zero-order valence-electron chi connectivity index (χ0n) is 7.94. The maximum Gasteiger partial charge on any atom is 0.315 e. The van der Waals surface area contributed by atoms with Gasteiger partial charge < -0.3 is 5.11 Å². The zero-order chi connectivity index (χ0) is 12.1. The molecular weight excluding hydrogens is 217 g/mol. The molecule has 1 N–H and O–H groups in total. The van der Waals surface area contributed by atoms with Crippen molar-refractivity contribution in [1.29, 1.82) is 0 Å². The van der Waals surface area contributed by atoms with Crippen molar-refractivity contribution in [3.63, 3.8) is 0 Å². The number of hydrogen-bond acceptors (Lipinski definition) is 3. The number of halogens is 1. The fourth-order valence-electron chi connectivity index (χ4n) is 0.972. The molecule has 0 fully saturated rings. The Hall–Kier alpha value is -2.42. The summed E-state index contributed by atoms with van der Waals surface area (Å²) in [5, 5.41) is 18.7. The molecule has 0 saturated heterocycles. The van der Waals surface area contributed by atoms with Gasteiger partial charge in [-0.25, -0.2) is 0 Å². The van der Waals surface area contributed by atoms with Crippen LogP contribution in [-0.4, -0.2) is 16.0 Å². The Balaban J connectivity index is 3.05. The van der Waals surface area contributed by atoms with E-state index in [0.717, 1.165) is 6.07 Å². The van der Waals surface area contributed by atoms with Gasteiger partial charge in [0.05, 0.1) is 10.5 Å². The molecule has 0 bridgehead atoms. The highest BCUT2D eigenvalue weighted by atomic mass is 19.1. The van der Waals surface area contributed by atoms with Crippen LogP contribution in [0.3, 0.4) is 0 Å². The van der Waals surface area contributed by atoms with Crippen LogP contribution in [0, 0.1) is 27.8 Å². The van der Waals surface area contributed by atoms with Crippen LogP contribution in [0.25, 0.3) is 0 Å². The fourth-order valence-corrected chi connectivity index (χ4v) is 0.972. The largest absolute Gasteiger partial charge is 0.481 e. The standard InChI is InChI=1S/C10H6FNO4/c11-10-7(4-2-6-9(13)14)3-1-5-8(10)12(15)16/h1,3,5H,6H2,(H,13,14). The Morgan fingerprint density at radius 1 is 1.56 bits per heavy atom. The number of nitro groups is 1. The Kier molecular flexibility index (Phi) is 3.56. The molecule has 0 heterocycles. The lowest BCUT2D eigenvalue weighted by Crippen LogP contribution is -1.95. The van der Waals surface area contributed by atoms with Crippen LogP contribution in [0.5, 0.6) is 0 Å². The number of nitro benzene ring substituents is 1. The van der Waals surface area contributed by atoms with Crippen molar-refractivity contribution in [3.8, 4) is 11.8 Å². The molecule has 0 atom stereocenters. The molecule has 1 aromatic carbocycles. The minimum absolute atomic E-state index is 0.185. The van der Waals surface area contributed by atoms with Crippen molar-refractivity contribution >= 4 is 11.7 Å². The van der Waals surface area contributed by atoms with Crippen LogP contribution in [0.15, 0.2) is 18.2 Å². The lowest BCUT2D eigenvalue weighted by Gasteiger charge is -1.95. The molecule has 0 aliphatic heterocycles. The van der Waals surface area contributed by atoms with Crippen LogP contribution in [-0.2, 0) is 4.79 Å². The quantitative estimate of drug-likeness (QED) is 0.468. The van der Waals surface area contributed by atoms with E-state index in [-0.39, 0.29) is 5.56 Å². The number of hydrogen-bond donors (Lipinski definition) is 1. The van der Waals surface area contributed by atoms with Crippen LogP contribution in [0.1, 0.15) is 12.0 Å². The van der Waals surface area contributed by atoms with Gasteiger partial charge >= 0.3 is 11.7 Å². The molecular formula is C10H6FNO4. The molecule has 1 rings (SSSR count). The highest BCUT2D eigenvalue weighted by molar-refractivity contribution is 5.70. The predicted molar refractivity (Wildman–Crippen MR) is 52.2 cm³/mol.